The van der Waals surface area contributed by atoms with Crippen LogP contribution in [0.25, 0.3) is 11.4 Å². The summed E-state index contributed by atoms with van der Waals surface area (Å²) in [5.74, 6) is 1.99. The highest BCUT2D eigenvalue weighted by Crippen LogP contribution is 2.32. The topological polar surface area (TPSA) is 82.6 Å². The second kappa shape index (κ2) is 9.77. The van der Waals surface area contributed by atoms with Crippen molar-refractivity contribution in [3.8, 4) is 28.6 Å². The average Bonchev–Trinajstić information content (AvgIpc) is 3.19. The Kier molecular flexibility index (Phi) is 7.12. The Morgan fingerprint density at radius 1 is 1.13 bits per heavy atom. The molecule has 0 saturated carbocycles. The fraction of sp³-hybridized carbons (Fsp3) is 0.286. The van der Waals surface area contributed by atoms with E-state index in [0.717, 1.165) is 28.2 Å². The van der Waals surface area contributed by atoms with Gasteiger partial charge in [0.05, 0.1) is 13.7 Å². The van der Waals surface area contributed by atoms with Gasteiger partial charge in [0, 0.05) is 22.1 Å². The third-order valence-electron chi connectivity index (χ3n) is 4.17. The second-order valence-electron chi connectivity index (χ2n) is 6.43. The van der Waals surface area contributed by atoms with Crippen LogP contribution >= 0.6 is 23.1 Å². The molecule has 0 bridgehead atoms. The smallest absolute Gasteiger partial charge is 0.264 e. The van der Waals surface area contributed by atoms with Crippen molar-refractivity contribution in [2.24, 2.45) is 0 Å². The molecule has 3 aromatic rings. The molecule has 158 valence electrons. The van der Waals surface area contributed by atoms with Gasteiger partial charge in [-0.05, 0) is 62.2 Å². The highest BCUT2D eigenvalue weighted by atomic mass is 35.5. The Bertz CT molecular complexity index is 1030. The van der Waals surface area contributed by atoms with Gasteiger partial charge in [-0.2, -0.15) is 9.36 Å². The number of hydrogen-bond donors (Lipinski definition) is 1. The molecule has 1 N–H and O–H groups in total. The normalized spacial score (nSPS) is 10.6. The van der Waals surface area contributed by atoms with Gasteiger partial charge in [0.2, 0.25) is 5.13 Å². The Labute approximate surface area is 184 Å². The number of methoxy groups -OCH3 is 1. The van der Waals surface area contributed by atoms with Crippen LogP contribution < -0.4 is 19.5 Å². The van der Waals surface area contributed by atoms with E-state index in [1.165, 1.54) is 0 Å². The lowest BCUT2D eigenvalue weighted by Crippen LogP contribution is -2.20. The van der Waals surface area contributed by atoms with Gasteiger partial charge in [0.1, 0.15) is 5.75 Å². The standard InChI is InChI=1S/C21H22ClN3O4S/c1-5-28-16-7-6-14(10-17(16)27-4)20-24-21(30-25-20)23-18(26)11-29-15-8-12(2)19(22)13(3)9-15/h6-10H,5,11H2,1-4H3,(H,23,24,25,26). The van der Waals surface area contributed by atoms with E-state index >= 15 is 0 Å². The zero-order valence-electron chi connectivity index (χ0n) is 17.1. The summed E-state index contributed by atoms with van der Waals surface area (Å²) in [6.45, 7) is 6.08. The van der Waals surface area contributed by atoms with E-state index in [0.29, 0.717) is 39.8 Å². The van der Waals surface area contributed by atoms with Gasteiger partial charge in [-0.15, -0.1) is 0 Å². The number of nitrogens with one attached hydrogen (secondary N) is 1. The molecule has 1 amide bonds. The molecule has 3 rings (SSSR count). The van der Waals surface area contributed by atoms with Gasteiger partial charge in [-0.3, -0.25) is 10.1 Å². The number of rotatable bonds is 8. The van der Waals surface area contributed by atoms with Gasteiger partial charge < -0.3 is 14.2 Å². The lowest BCUT2D eigenvalue weighted by molar-refractivity contribution is -0.118. The molecule has 0 atom stereocenters. The highest BCUT2D eigenvalue weighted by molar-refractivity contribution is 7.10. The van der Waals surface area contributed by atoms with Gasteiger partial charge >= 0.3 is 0 Å². The van der Waals surface area contributed by atoms with Crippen LogP contribution in [-0.2, 0) is 4.79 Å². The van der Waals surface area contributed by atoms with E-state index in [9.17, 15) is 4.79 Å². The van der Waals surface area contributed by atoms with E-state index in [1.54, 1.807) is 31.4 Å². The molecule has 2 aromatic carbocycles. The first kappa shape index (κ1) is 21.9. The number of halogens is 1. The lowest BCUT2D eigenvalue weighted by atomic mass is 10.1. The van der Waals surface area contributed by atoms with Crippen molar-refractivity contribution in [1.29, 1.82) is 0 Å². The maximum absolute atomic E-state index is 12.2. The summed E-state index contributed by atoms with van der Waals surface area (Å²) in [6, 6.07) is 9.04. The minimum Gasteiger partial charge on any atom is -0.493 e. The third kappa shape index (κ3) is 5.20. The zero-order chi connectivity index (χ0) is 21.7. The minimum absolute atomic E-state index is 0.147. The molecule has 1 heterocycles. The number of hydrogen-bond acceptors (Lipinski definition) is 7. The molecule has 0 saturated heterocycles. The molecule has 0 aliphatic rings. The summed E-state index contributed by atoms with van der Waals surface area (Å²) >= 11 is 7.24. The highest BCUT2D eigenvalue weighted by Gasteiger charge is 2.13. The van der Waals surface area contributed by atoms with Gasteiger partial charge in [0.15, 0.2) is 23.9 Å². The predicted octanol–water partition coefficient (Wildman–Crippen LogP) is 4.90. The molecule has 0 aliphatic heterocycles. The Morgan fingerprint density at radius 3 is 2.53 bits per heavy atom. The lowest BCUT2D eigenvalue weighted by Gasteiger charge is -2.10. The van der Waals surface area contributed by atoms with Crippen LogP contribution in [0.5, 0.6) is 17.2 Å². The average molecular weight is 448 g/mol. The quantitative estimate of drug-likeness (QED) is 0.528. The van der Waals surface area contributed by atoms with Gasteiger partial charge in [0.25, 0.3) is 5.91 Å². The van der Waals surface area contributed by atoms with E-state index < -0.39 is 0 Å². The van der Waals surface area contributed by atoms with Gasteiger partial charge in [-0.1, -0.05) is 11.6 Å². The molecule has 30 heavy (non-hydrogen) atoms. The maximum Gasteiger partial charge on any atom is 0.264 e. The van der Waals surface area contributed by atoms with Crippen molar-refractivity contribution >= 4 is 34.2 Å². The van der Waals surface area contributed by atoms with Crippen LogP contribution in [0, 0.1) is 13.8 Å². The van der Waals surface area contributed by atoms with Crippen molar-refractivity contribution in [2.75, 3.05) is 25.6 Å². The SMILES string of the molecule is CCOc1ccc(-c2nsc(NC(=O)COc3cc(C)c(Cl)c(C)c3)n2)cc1OC. The molecule has 0 aliphatic carbocycles. The number of amides is 1. The molecule has 0 unspecified atom stereocenters. The zero-order valence-corrected chi connectivity index (χ0v) is 18.7. The minimum atomic E-state index is -0.327. The maximum atomic E-state index is 12.2. The Morgan fingerprint density at radius 2 is 1.87 bits per heavy atom. The number of nitrogens with zero attached hydrogens (tertiary/aromatic N) is 2. The summed E-state index contributed by atoms with van der Waals surface area (Å²) < 4.78 is 20.8. The summed E-state index contributed by atoms with van der Waals surface area (Å²) in [4.78, 5) is 16.6. The summed E-state index contributed by atoms with van der Waals surface area (Å²) in [6.07, 6.45) is 0. The molecule has 0 spiro atoms. The second-order valence-corrected chi connectivity index (χ2v) is 7.56. The molecular formula is C21H22ClN3O4S. The van der Waals surface area contributed by atoms with E-state index in [4.69, 9.17) is 25.8 Å². The summed E-state index contributed by atoms with van der Waals surface area (Å²) in [5, 5.41) is 3.78. The number of carbonyl (C=O) groups is 1. The number of carbonyl (C=O) groups excluding carboxylic acids is 1. The van der Waals surface area contributed by atoms with Crippen LogP contribution in [0.2, 0.25) is 5.02 Å². The fourth-order valence-electron chi connectivity index (χ4n) is 2.77. The fourth-order valence-corrected chi connectivity index (χ4v) is 3.48. The number of anilines is 1. The molecular weight excluding hydrogens is 426 g/mol. The first-order valence-corrected chi connectivity index (χ1v) is 10.4. The van der Waals surface area contributed by atoms with Crippen LogP contribution in [-0.4, -0.2) is 35.6 Å². The summed E-state index contributed by atoms with van der Waals surface area (Å²) in [7, 11) is 1.57. The van der Waals surface area contributed by atoms with E-state index in [2.05, 4.69) is 14.7 Å². The molecule has 0 radical (unpaired) electrons. The van der Waals surface area contributed by atoms with Crippen molar-refractivity contribution in [2.45, 2.75) is 20.8 Å². The predicted molar refractivity (Wildman–Crippen MR) is 118 cm³/mol. The van der Waals surface area contributed by atoms with Crippen molar-refractivity contribution in [3.63, 3.8) is 0 Å². The van der Waals surface area contributed by atoms with Crippen LogP contribution in [0.4, 0.5) is 5.13 Å². The van der Waals surface area contributed by atoms with Crippen molar-refractivity contribution < 1.29 is 19.0 Å². The first-order valence-electron chi connectivity index (χ1n) is 9.25. The molecule has 1 aromatic heterocycles. The summed E-state index contributed by atoms with van der Waals surface area (Å²) in [5.41, 5.74) is 2.55. The molecule has 9 heteroatoms. The van der Waals surface area contributed by atoms with Gasteiger partial charge in [-0.25, -0.2) is 0 Å². The first-order chi connectivity index (χ1) is 14.4. The largest absolute Gasteiger partial charge is 0.493 e. The van der Waals surface area contributed by atoms with Crippen molar-refractivity contribution in [1.82, 2.24) is 9.36 Å². The van der Waals surface area contributed by atoms with Crippen LogP contribution in [0.1, 0.15) is 18.1 Å². The number of ether oxygens (including phenoxy) is 3. The molecule has 7 nitrogen and oxygen atoms in total. The van der Waals surface area contributed by atoms with E-state index in [-0.39, 0.29) is 12.5 Å². The molecule has 0 fully saturated rings. The van der Waals surface area contributed by atoms with Crippen LogP contribution in [0.3, 0.4) is 0 Å². The number of aryl methyl sites for hydroxylation is 2. The number of benzene rings is 2. The number of aromatic nitrogens is 2. The Balaban J connectivity index is 1.63. The monoisotopic (exact) mass is 447 g/mol. The Hall–Kier alpha value is -2.84. The third-order valence-corrected chi connectivity index (χ3v) is 5.40. The van der Waals surface area contributed by atoms with E-state index in [1.807, 2.05) is 26.8 Å². The van der Waals surface area contributed by atoms with Crippen LogP contribution in [0.15, 0.2) is 30.3 Å². The van der Waals surface area contributed by atoms with Crippen molar-refractivity contribution in [3.05, 3.63) is 46.5 Å².